The molecule has 0 aliphatic carbocycles. The van der Waals surface area contributed by atoms with Gasteiger partial charge in [0.05, 0.1) is 18.8 Å². The fraction of sp³-hybridized carbons (Fsp3) is 0.286. The zero-order valence-corrected chi connectivity index (χ0v) is 11.9. The van der Waals surface area contributed by atoms with Crippen LogP contribution in [0, 0.1) is 0 Å². The van der Waals surface area contributed by atoms with E-state index < -0.39 is 0 Å². The standard InChI is InChI=1S/C14H15NO4S/c1-2-18-14(17)10-3-5-11(6-4-10)15-13(16)12-9-20-8-7-19-12/h3-6,9H,2,7-8H2,1H3,(H,15,16). The summed E-state index contributed by atoms with van der Waals surface area (Å²) in [7, 11) is 0. The third kappa shape index (κ3) is 3.77. The van der Waals surface area contributed by atoms with E-state index in [4.69, 9.17) is 9.47 Å². The Morgan fingerprint density at radius 1 is 1.35 bits per heavy atom. The molecule has 1 aromatic carbocycles. The smallest absolute Gasteiger partial charge is 0.338 e. The Morgan fingerprint density at radius 2 is 2.10 bits per heavy atom. The lowest BCUT2D eigenvalue weighted by molar-refractivity contribution is -0.116. The lowest BCUT2D eigenvalue weighted by Crippen LogP contribution is -2.19. The van der Waals surface area contributed by atoms with Crippen LogP contribution in [0.25, 0.3) is 0 Å². The average Bonchev–Trinajstić information content (AvgIpc) is 2.49. The number of nitrogens with one attached hydrogen (secondary N) is 1. The van der Waals surface area contributed by atoms with E-state index in [1.165, 1.54) is 0 Å². The van der Waals surface area contributed by atoms with Gasteiger partial charge in [-0.15, -0.1) is 11.8 Å². The Hall–Kier alpha value is -1.95. The topological polar surface area (TPSA) is 64.6 Å². The maximum atomic E-state index is 11.9. The molecule has 5 nitrogen and oxygen atoms in total. The maximum absolute atomic E-state index is 11.9. The van der Waals surface area contributed by atoms with Crippen molar-refractivity contribution in [3.05, 3.63) is 41.0 Å². The van der Waals surface area contributed by atoms with Gasteiger partial charge in [0, 0.05) is 16.8 Å². The molecule has 106 valence electrons. The Bertz CT molecular complexity index is 524. The number of hydrogen-bond acceptors (Lipinski definition) is 5. The number of benzene rings is 1. The highest BCUT2D eigenvalue weighted by atomic mass is 32.2. The number of carbonyl (C=O) groups excluding carboxylic acids is 2. The lowest BCUT2D eigenvalue weighted by Gasteiger charge is -2.14. The number of anilines is 1. The minimum absolute atomic E-state index is 0.291. The summed E-state index contributed by atoms with van der Waals surface area (Å²) in [6, 6.07) is 6.53. The van der Waals surface area contributed by atoms with Crippen LogP contribution < -0.4 is 5.32 Å². The quantitative estimate of drug-likeness (QED) is 0.864. The molecule has 1 heterocycles. The van der Waals surface area contributed by atoms with Crippen LogP contribution in [0.5, 0.6) is 0 Å². The predicted octanol–water partition coefficient (Wildman–Crippen LogP) is 2.41. The SMILES string of the molecule is CCOC(=O)c1ccc(NC(=O)C2=CSCCO2)cc1. The Balaban J connectivity index is 1.98. The van der Waals surface area contributed by atoms with E-state index >= 15 is 0 Å². The lowest BCUT2D eigenvalue weighted by atomic mass is 10.2. The van der Waals surface area contributed by atoms with E-state index in [0.717, 1.165) is 5.75 Å². The molecule has 0 spiro atoms. The Morgan fingerprint density at radius 3 is 2.70 bits per heavy atom. The van der Waals surface area contributed by atoms with Crippen LogP contribution in [0.2, 0.25) is 0 Å². The fourth-order valence-corrected chi connectivity index (χ4v) is 2.21. The summed E-state index contributed by atoms with van der Waals surface area (Å²) in [5, 5.41) is 4.41. The van der Waals surface area contributed by atoms with Crippen LogP contribution in [-0.4, -0.2) is 30.8 Å². The zero-order valence-electron chi connectivity index (χ0n) is 11.0. The molecule has 1 aliphatic heterocycles. The van der Waals surface area contributed by atoms with Gasteiger partial charge in [-0.25, -0.2) is 4.79 Å². The molecule has 2 rings (SSSR count). The minimum Gasteiger partial charge on any atom is -0.487 e. The van der Waals surface area contributed by atoms with Gasteiger partial charge in [-0.05, 0) is 31.2 Å². The number of amides is 1. The van der Waals surface area contributed by atoms with Crippen molar-refractivity contribution in [3.63, 3.8) is 0 Å². The van der Waals surface area contributed by atoms with Crippen LogP contribution in [0.3, 0.4) is 0 Å². The summed E-state index contributed by atoms with van der Waals surface area (Å²) in [5.41, 5.74) is 1.05. The van der Waals surface area contributed by atoms with Gasteiger partial charge in [0.15, 0.2) is 5.76 Å². The molecule has 1 N–H and O–H groups in total. The van der Waals surface area contributed by atoms with Gasteiger partial charge in [0.25, 0.3) is 5.91 Å². The first-order valence-electron chi connectivity index (χ1n) is 6.24. The second-order valence-electron chi connectivity index (χ2n) is 3.95. The second-order valence-corrected chi connectivity index (χ2v) is 4.93. The third-order valence-electron chi connectivity index (χ3n) is 2.53. The monoisotopic (exact) mass is 293 g/mol. The van der Waals surface area contributed by atoms with E-state index in [2.05, 4.69) is 5.32 Å². The summed E-state index contributed by atoms with van der Waals surface area (Å²) < 4.78 is 10.1. The summed E-state index contributed by atoms with van der Waals surface area (Å²) in [6.07, 6.45) is 0. The van der Waals surface area contributed by atoms with Crippen molar-refractivity contribution in [1.82, 2.24) is 0 Å². The normalized spacial score (nSPS) is 13.9. The highest BCUT2D eigenvalue weighted by Gasteiger charge is 2.14. The minimum atomic E-state index is -0.375. The van der Waals surface area contributed by atoms with E-state index in [1.54, 1.807) is 48.4 Å². The molecule has 0 bridgehead atoms. The van der Waals surface area contributed by atoms with Gasteiger partial charge in [-0.2, -0.15) is 0 Å². The average molecular weight is 293 g/mol. The molecule has 0 unspecified atom stereocenters. The molecule has 0 saturated carbocycles. The van der Waals surface area contributed by atoms with Gasteiger partial charge in [-0.1, -0.05) is 0 Å². The molecule has 6 heteroatoms. The van der Waals surface area contributed by atoms with Crippen molar-refractivity contribution in [1.29, 1.82) is 0 Å². The van der Waals surface area contributed by atoms with Crippen LogP contribution in [-0.2, 0) is 14.3 Å². The molecular formula is C14H15NO4S. The van der Waals surface area contributed by atoms with E-state index in [-0.39, 0.29) is 11.9 Å². The van der Waals surface area contributed by atoms with E-state index in [9.17, 15) is 9.59 Å². The molecule has 0 fully saturated rings. The molecule has 1 aromatic rings. The molecule has 1 amide bonds. The molecule has 1 aliphatic rings. The van der Waals surface area contributed by atoms with Crippen molar-refractivity contribution >= 4 is 29.3 Å². The van der Waals surface area contributed by atoms with Gasteiger partial charge in [-0.3, -0.25) is 4.79 Å². The van der Waals surface area contributed by atoms with Crippen molar-refractivity contribution in [2.45, 2.75) is 6.92 Å². The van der Waals surface area contributed by atoms with E-state index in [1.807, 2.05) is 0 Å². The summed E-state index contributed by atoms with van der Waals surface area (Å²) in [4.78, 5) is 23.4. The molecule has 0 atom stereocenters. The van der Waals surface area contributed by atoms with Gasteiger partial charge in [0.1, 0.15) is 0 Å². The fourth-order valence-electron chi connectivity index (χ4n) is 1.58. The number of esters is 1. The summed E-state index contributed by atoms with van der Waals surface area (Å²) in [5.74, 6) is 0.502. The molecule has 0 aromatic heterocycles. The first-order chi connectivity index (χ1) is 9.70. The molecule has 20 heavy (non-hydrogen) atoms. The van der Waals surface area contributed by atoms with Crippen LogP contribution >= 0.6 is 11.8 Å². The number of rotatable bonds is 4. The highest BCUT2D eigenvalue weighted by molar-refractivity contribution is 8.02. The Labute approximate surface area is 121 Å². The van der Waals surface area contributed by atoms with Crippen LogP contribution in [0.15, 0.2) is 35.4 Å². The van der Waals surface area contributed by atoms with Crippen LogP contribution in [0.4, 0.5) is 5.69 Å². The zero-order chi connectivity index (χ0) is 14.4. The van der Waals surface area contributed by atoms with Crippen molar-refractivity contribution < 1.29 is 19.1 Å². The first kappa shape index (κ1) is 14.5. The van der Waals surface area contributed by atoms with Gasteiger partial charge >= 0.3 is 5.97 Å². The third-order valence-corrected chi connectivity index (χ3v) is 3.31. The molecule has 0 radical (unpaired) electrons. The maximum Gasteiger partial charge on any atom is 0.338 e. The number of carbonyl (C=O) groups is 2. The highest BCUT2D eigenvalue weighted by Crippen LogP contribution is 2.17. The first-order valence-corrected chi connectivity index (χ1v) is 7.28. The largest absolute Gasteiger partial charge is 0.487 e. The number of ether oxygens (including phenoxy) is 2. The number of hydrogen-bond donors (Lipinski definition) is 1. The summed E-state index contributed by atoms with van der Waals surface area (Å²) >= 11 is 1.54. The van der Waals surface area contributed by atoms with Crippen molar-refractivity contribution in [2.24, 2.45) is 0 Å². The van der Waals surface area contributed by atoms with Gasteiger partial charge in [0.2, 0.25) is 0 Å². The second kappa shape index (κ2) is 7.00. The van der Waals surface area contributed by atoms with E-state index in [0.29, 0.717) is 30.2 Å². The van der Waals surface area contributed by atoms with Crippen molar-refractivity contribution in [2.75, 3.05) is 24.3 Å². The Kier molecular flexibility index (Phi) is 5.06. The van der Waals surface area contributed by atoms with Crippen molar-refractivity contribution in [3.8, 4) is 0 Å². The summed E-state index contributed by atoms with van der Waals surface area (Å²) in [6.45, 7) is 2.62. The molecule has 0 saturated heterocycles. The van der Waals surface area contributed by atoms with Gasteiger partial charge < -0.3 is 14.8 Å². The number of thioether (sulfide) groups is 1. The molecular weight excluding hydrogens is 278 g/mol. The predicted molar refractivity (Wildman–Crippen MR) is 77.5 cm³/mol. The van der Waals surface area contributed by atoms with Crippen LogP contribution in [0.1, 0.15) is 17.3 Å².